The van der Waals surface area contributed by atoms with Crippen LogP contribution in [0.2, 0.25) is 0 Å². The average Bonchev–Trinajstić information content (AvgIpc) is 2.46. The van der Waals surface area contributed by atoms with Crippen LogP contribution in [0.15, 0.2) is 5.16 Å². The summed E-state index contributed by atoms with van der Waals surface area (Å²) in [6.07, 6.45) is -0.491. The van der Waals surface area contributed by atoms with Crippen LogP contribution in [-0.4, -0.2) is 29.5 Å². The Hall–Kier alpha value is -0.900. The minimum absolute atomic E-state index is 0.0490. The van der Waals surface area contributed by atoms with Crippen molar-refractivity contribution in [1.29, 1.82) is 5.26 Å². The van der Waals surface area contributed by atoms with Crippen molar-refractivity contribution in [3.8, 4) is 6.07 Å². The zero-order chi connectivity index (χ0) is 16.6. The molecule has 0 amide bonds. The van der Waals surface area contributed by atoms with Gasteiger partial charge in [0, 0.05) is 5.75 Å². The van der Waals surface area contributed by atoms with Gasteiger partial charge in [-0.1, -0.05) is 18.5 Å². The third-order valence-corrected chi connectivity index (χ3v) is 5.55. The van der Waals surface area contributed by atoms with Crippen molar-refractivity contribution >= 4 is 17.5 Å². The number of hydrogen-bond donors (Lipinski definition) is 0. The van der Waals surface area contributed by atoms with Gasteiger partial charge in [0.25, 0.3) is 0 Å². The second-order valence-electron chi connectivity index (χ2n) is 5.58. The topological polar surface area (TPSA) is 45.4 Å². The molecule has 0 saturated heterocycles. The number of thioether (sulfide) groups is 1. The Bertz CT molecular complexity index is 410. The summed E-state index contributed by atoms with van der Waals surface area (Å²) < 4.78 is 36.4. The van der Waals surface area contributed by atoms with Gasteiger partial charge in [0.1, 0.15) is 11.9 Å². The largest absolute Gasteiger partial charge is 0.399 e. The van der Waals surface area contributed by atoms with Crippen molar-refractivity contribution < 1.29 is 18.0 Å². The lowest BCUT2D eigenvalue weighted by molar-refractivity contribution is -0.129. The zero-order valence-corrected chi connectivity index (χ0v) is 13.9. The molecular weight excluding hydrogens is 313 g/mol. The Morgan fingerprint density at radius 1 is 1.32 bits per heavy atom. The normalized spacial score (nSPS) is 21.8. The molecule has 3 nitrogen and oxygen atoms in total. The quantitative estimate of drug-likeness (QED) is 0.619. The van der Waals surface area contributed by atoms with Gasteiger partial charge in [-0.05, 0) is 38.0 Å². The van der Waals surface area contributed by atoms with Crippen LogP contribution in [0.4, 0.5) is 13.2 Å². The Balaban J connectivity index is 2.71. The third-order valence-electron chi connectivity index (χ3n) is 4.00. The molecule has 1 rings (SSSR count). The molecule has 7 heteroatoms. The molecule has 1 aliphatic rings. The Labute approximate surface area is 134 Å². The summed E-state index contributed by atoms with van der Waals surface area (Å²) in [5, 5.41) is 13.6. The molecule has 0 heterocycles. The maximum atomic E-state index is 12.4. The fourth-order valence-electron chi connectivity index (χ4n) is 2.93. The van der Waals surface area contributed by atoms with E-state index < -0.39 is 17.3 Å². The van der Waals surface area contributed by atoms with Crippen LogP contribution < -0.4 is 0 Å². The fraction of sp³-hybridized carbons (Fsp3) is 0.867. The lowest BCUT2D eigenvalue weighted by atomic mass is 9.77. The number of nitriles is 1. The molecular formula is C15H23F3N2OS. The van der Waals surface area contributed by atoms with Gasteiger partial charge >= 0.3 is 6.18 Å². The molecule has 0 aromatic rings. The number of alkyl halides is 3. The van der Waals surface area contributed by atoms with E-state index >= 15 is 0 Å². The number of oxime groups is 1. The van der Waals surface area contributed by atoms with Crippen molar-refractivity contribution in [2.45, 2.75) is 62.8 Å². The van der Waals surface area contributed by atoms with Gasteiger partial charge < -0.3 is 4.84 Å². The number of hydrogen-bond acceptors (Lipinski definition) is 4. The van der Waals surface area contributed by atoms with Gasteiger partial charge in [0.15, 0.2) is 0 Å². The van der Waals surface area contributed by atoms with E-state index in [9.17, 15) is 18.4 Å². The minimum atomic E-state index is -4.16. The second-order valence-corrected chi connectivity index (χ2v) is 7.00. The van der Waals surface area contributed by atoms with Crippen LogP contribution in [-0.2, 0) is 4.84 Å². The van der Waals surface area contributed by atoms with E-state index in [2.05, 4.69) is 11.2 Å². The van der Waals surface area contributed by atoms with E-state index in [4.69, 9.17) is 4.84 Å². The first-order valence-electron chi connectivity index (χ1n) is 7.57. The molecule has 0 spiro atoms. The highest BCUT2D eigenvalue weighted by atomic mass is 32.2. The van der Waals surface area contributed by atoms with Gasteiger partial charge in [-0.25, -0.2) is 0 Å². The maximum Gasteiger partial charge on any atom is 0.389 e. The zero-order valence-electron chi connectivity index (χ0n) is 13.1. The van der Waals surface area contributed by atoms with Crippen molar-refractivity contribution in [2.24, 2.45) is 11.1 Å². The molecule has 1 atom stereocenters. The van der Waals surface area contributed by atoms with Gasteiger partial charge in [0.05, 0.1) is 18.2 Å². The van der Waals surface area contributed by atoms with E-state index in [1.165, 1.54) is 18.9 Å². The van der Waals surface area contributed by atoms with Gasteiger partial charge in [-0.3, -0.25) is 0 Å². The summed E-state index contributed by atoms with van der Waals surface area (Å²) >= 11 is 1.19. The van der Waals surface area contributed by atoms with Gasteiger partial charge in [-0.2, -0.15) is 18.4 Å². The summed E-state index contributed by atoms with van der Waals surface area (Å²) in [6, 6.07) is 2.34. The molecule has 126 valence electrons. The number of nitrogens with zero attached hydrogens (tertiary/aromatic N) is 2. The van der Waals surface area contributed by atoms with Crippen molar-refractivity contribution in [1.82, 2.24) is 0 Å². The molecule has 0 aliphatic heterocycles. The van der Waals surface area contributed by atoms with Crippen molar-refractivity contribution in [2.75, 3.05) is 12.9 Å². The first kappa shape index (κ1) is 19.1. The van der Waals surface area contributed by atoms with Crippen LogP contribution in [0, 0.1) is 17.2 Å². The monoisotopic (exact) mass is 336 g/mol. The first-order valence-corrected chi connectivity index (χ1v) is 8.56. The number of rotatable bonds is 7. The first-order chi connectivity index (χ1) is 10.4. The van der Waals surface area contributed by atoms with Gasteiger partial charge in [0.2, 0.25) is 0 Å². The molecule has 1 aliphatic carbocycles. The number of halogens is 3. The molecule has 22 heavy (non-hydrogen) atoms. The van der Waals surface area contributed by atoms with E-state index in [1.54, 1.807) is 0 Å². The van der Waals surface area contributed by atoms with Crippen molar-refractivity contribution in [3.63, 3.8) is 0 Å². The molecule has 0 radical (unpaired) electrons. The highest BCUT2D eigenvalue weighted by molar-refractivity contribution is 8.00. The van der Waals surface area contributed by atoms with Crippen LogP contribution >= 0.6 is 11.8 Å². The second kappa shape index (κ2) is 8.66. The Kier molecular flexibility index (Phi) is 7.54. The van der Waals surface area contributed by atoms with Crippen LogP contribution in [0.3, 0.4) is 0 Å². The summed E-state index contributed by atoms with van der Waals surface area (Å²) in [5.74, 6) is 0.0681. The van der Waals surface area contributed by atoms with E-state index in [0.29, 0.717) is 6.42 Å². The summed E-state index contributed by atoms with van der Waals surface area (Å²) in [5.41, 5.74) is 0.974. The molecule has 1 unspecified atom stereocenters. The fourth-order valence-corrected chi connectivity index (χ4v) is 4.51. The van der Waals surface area contributed by atoms with E-state index in [1.807, 2.05) is 6.92 Å². The van der Waals surface area contributed by atoms with E-state index in [0.717, 1.165) is 37.8 Å². The Morgan fingerprint density at radius 2 is 1.95 bits per heavy atom. The minimum Gasteiger partial charge on any atom is -0.399 e. The maximum absolute atomic E-state index is 12.4. The molecule has 0 bridgehead atoms. The molecule has 1 fully saturated rings. The smallest absolute Gasteiger partial charge is 0.389 e. The van der Waals surface area contributed by atoms with Crippen LogP contribution in [0.5, 0.6) is 0 Å². The highest BCUT2D eigenvalue weighted by Crippen LogP contribution is 2.44. The lowest BCUT2D eigenvalue weighted by Crippen LogP contribution is -2.36. The molecule has 0 aromatic carbocycles. The summed E-state index contributed by atoms with van der Waals surface area (Å²) in [7, 11) is 1.50. The van der Waals surface area contributed by atoms with Gasteiger partial charge in [-0.15, -0.1) is 11.8 Å². The molecule has 0 N–H and O–H groups in total. The predicted molar refractivity (Wildman–Crippen MR) is 82.8 cm³/mol. The standard InChI is InChI=1S/C15H23F3N2OS/c1-3-8-14(11-19,22-10-9-15(16,17)18)12-4-6-13(7-5-12)20-21-2/h12H,3-10H2,1-2H3. The lowest BCUT2D eigenvalue weighted by Gasteiger charge is -2.37. The highest BCUT2D eigenvalue weighted by Gasteiger charge is 2.41. The SMILES string of the molecule is CCCC(C#N)(SCCC(F)(F)F)C1CCC(=NOC)CC1. The summed E-state index contributed by atoms with van der Waals surface area (Å²) in [6.45, 7) is 1.97. The van der Waals surface area contributed by atoms with Crippen LogP contribution in [0.1, 0.15) is 51.9 Å². The molecule has 0 aromatic heterocycles. The van der Waals surface area contributed by atoms with Crippen LogP contribution in [0.25, 0.3) is 0 Å². The van der Waals surface area contributed by atoms with E-state index in [-0.39, 0.29) is 11.7 Å². The molecule has 1 saturated carbocycles. The summed E-state index contributed by atoms with van der Waals surface area (Å²) in [4.78, 5) is 4.77. The predicted octanol–water partition coefficient (Wildman–Crippen LogP) is 4.93. The Morgan fingerprint density at radius 3 is 2.41 bits per heavy atom. The average molecular weight is 336 g/mol. The third kappa shape index (κ3) is 5.71. The van der Waals surface area contributed by atoms with Crippen molar-refractivity contribution in [3.05, 3.63) is 0 Å².